The summed E-state index contributed by atoms with van der Waals surface area (Å²) < 4.78 is 5.17. The number of ether oxygens (including phenoxy) is 1. The van der Waals surface area contributed by atoms with E-state index in [1.54, 1.807) is 0 Å². The molecule has 0 bridgehead atoms. The van der Waals surface area contributed by atoms with Gasteiger partial charge in [-0.2, -0.15) is 0 Å². The lowest BCUT2D eigenvalue weighted by molar-refractivity contribution is -0.144. The fourth-order valence-corrected chi connectivity index (χ4v) is 2.41. The summed E-state index contributed by atoms with van der Waals surface area (Å²) in [7, 11) is 0. The van der Waals surface area contributed by atoms with E-state index in [-0.39, 0.29) is 5.97 Å². The molecule has 0 heterocycles. The van der Waals surface area contributed by atoms with E-state index >= 15 is 0 Å². The van der Waals surface area contributed by atoms with Crippen molar-refractivity contribution in [2.75, 3.05) is 6.61 Å². The maximum absolute atomic E-state index is 11.5. The van der Waals surface area contributed by atoms with Crippen LogP contribution in [0.4, 0.5) is 0 Å². The number of esters is 1. The lowest BCUT2D eigenvalue weighted by atomic mass is 10.1. The summed E-state index contributed by atoms with van der Waals surface area (Å²) >= 11 is 0. The maximum Gasteiger partial charge on any atom is 0.305 e. The van der Waals surface area contributed by atoms with Gasteiger partial charge < -0.3 is 4.74 Å². The van der Waals surface area contributed by atoms with Crippen LogP contribution in [0.1, 0.15) is 85.0 Å². The molecule has 0 N–H and O–H groups in total. The van der Waals surface area contributed by atoms with Gasteiger partial charge in [-0.25, -0.2) is 0 Å². The van der Waals surface area contributed by atoms with E-state index in [1.807, 2.05) is 0 Å². The molecule has 0 aliphatic carbocycles. The molecule has 0 radical (unpaired) electrons. The van der Waals surface area contributed by atoms with Crippen LogP contribution in [0.15, 0.2) is 60.8 Å². The monoisotopic (exact) mass is 386 g/mol. The van der Waals surface area contributed by atoms with Crippen LogP contribution in [0.2, 0.25) is 0 Å². The summed E-state index contributed by atoms with van der Waals surface area (Å²) in [4.78, 5) is 11.5. The quantitative estimate of drug-likeness (QED) is 0.144. The first-order valence-corrected chi connectivity index (χ1v) is 11.1. The zero-order valence-electron chi connectivity index (χ0n) is 18.4. The molecule has 0 saturated carbocycles. The van der Waals surface area contributed by atoms with Gasteiger partial charge in [0.1, 0.15) is 0 Å². The second kappa shape index (κ2) is 21.5. The van der Waals surface area contributed by atoms with Crippen molar-refractivity contribution in [3.05, 3.63) is 60.8 Å². The summed E-state index contributed by atoms with van der Waals surface area (Å²) in [6, 6.07) is 0. The van der Waals surface area contributed by atoms with E-state index in [2.05, 4.69) is 81.5 Å². The third kappa shape index (κ3) is 22.2. The predicted molar refractivity (Wildman–Crippen MR) is 123 cm³/mol. The van der Waals surface area contributed by atoms with E-state index in [9.17, 15) is 4.79 Å². The summed E-state index contributed by atoms with van der Waals surface area (Å²) in [5.41, 5.74) is 0. The van der Waals surface area contributed by atoms with Crippen molar-refractivity contribution in [2.45, 2.75) is 85.0 Å². The largest absolute Gasteiger partial charge is 0.465 e. The molecular weight excluding hydrogens is 344 g/mol. The predicted octanol–water partition coefficient (Wildman–Crippen LogP) is 7.89. The maximum atomic E-state index is 11.5. The van der Waals surface area contributed by atoms with Crippen molar-refractivity contribution < 1.29 is 9.53 Å². The Balaban J connectivity index is 3.46. The Labute approximate surface area is 174 Å². The SMILES string of the molecule is CC/C=C\C/C=C\C/C=C\C/C=C\C/C=C\CCCCCC(=O)OCC(C)C. The molecule has 0 saturated heterocycles. The van der Waals surface area contributed by atoms with E-state index in [1.165, 1.54) is 0 Å². The van der Waals surface area contributed by atoms with Crippen LogP contribution >= 0.6 is 0 Å². The lowest BCUT2D eigenvalue weighted by Gasteiger charge is -2.06. The van der Waals surface area contributed by atoms with Gasteiger partial charge in [-0.05, 0) is 57.3 Å². The van der Waals surface area contributed by atoms with Crippen molar-refractivity contribution >= 4 is 5.97 Å². The van der Waals surface area contributed by atoms with Crippen LogP contribution in [0.25, 0.3) is 0 Å². The Kier molecular flexibility index (Phi) is 20.1. The molecule has 0 aliphatic rings. The van der Waals surface area contributed by atoms with Crippen molar-refractivity contribution in [2.24, 2.45) is 5.92 Å². The minimum absolute atomic E-state index is 0.0522. The normalized spacial score (nSPS) is 12.7. The first-order valence-electron chi connectivity index (χ1n) is 11.1. The molecule has 28 heavy (non-hydrogen) atoms. The molecule has 0 amide bonds. The first-order chi connectivity index (χ1) is 13.7. The third-order valence-electron chi connectivity index (χ3n) is 3.99. The number of allylic oxidation sites excluding steroid dienone is 10. The second-order valence-electron chi connectivity index (χ2n) is 7.38. The van der Waals surface area contributed by atoms with Gasteiger partial charge in [0.15, 0.2) is 0 Å². The van der Waals surface area contributed by atoms with Gasteiger partial charge in [0, 0.05) is 6.42 Å². The molecule has 0 aromatic rings. The zero-order chi connectivity index (χ0) is 20.7. The molecule has 0 spiro atoms. The Morgan fingerprint density at radius 2 is 1.21 bits per heavy atom. The minimum atomic E-state index is -0.0522. The van der Waals surface area contributed by atoms with E-state index in [0.717, 1.165) is 57.8 Å². The van der Waals surface area contributed by atoms with Crippen molar-refractivity contribution in [1.29, 1.82) is 0 Å². The minimum Gasteiger partial charge on any atom is -0.465 e. The highest BCUT2D eigenvalue weighted by Crippen LogP contribution is 2.06. The molecule has 0 fully saturated rings. The molecule has 158 valence electrons. The van der Waals surface area contributed by atoms with Crippen LogP contribution in [0.5, 0.6) is 0 Å². The molecule has 0 atom stereocenters. The summed E-state index contributed by atoms with van der Waals surface area (Å²) in [5, 5.41) is 0. The molecule has 2 nitrogen and oxygen atoms in total. The second-order valence-corrected chi connectivity index (χ2v) is 7.38. The Hall–Kier alpha value is -1.83. The van der Waals surface area contributed by atoms with Crippen LogP contribution in [-0.2, 0) is 9.53 Å². The van der Waals surface area contributed by atoms with Crippen LogP contribution in [0, 0.1) is 5.92 Å². The summed E-state index contributed by atoms with van der Waals surface area (Å²) in [6.07, 6.45) is 32.2. The number of rotatable bonds is 17. The molecule has 0 aliphatic heterocycles. The van der Waals surface area contributed by atoms with Gasteiger partial charge >= 0.3 is 5.97 Å². The van der Waals surface area contributed by atoms with Crippen molar-refractivity contribution in [3.8, 4) is 0 Å². The molecule has 0 rings (SSSR count). The summed E-state index contributed by atoms with van der Waals surface area (Å²) in [5.74, 6) is 0.364. The highest BCUT2D eigenvalue weighted by atomic mass is 16.5. The molecular formula is C26H42O2. The third-order valence-corrected chi connectivity index (χ3v) is 3.99. The topological polar surface area (TPSA) is 26.3 Å². The average molecular weight is 387 g/mol. The standard InChI is InChI=1S/C26H42O2/c1-4-5-6-7-8-9-10-11-12-13-14-15-16-17-18-19-20-21-22-23-26(27)28-24-25(2)3/h5-6,8-9,11-12,14-15,17-18,25H,4,7,10,13,16,19-24H2,1-3H3/b6-5-,9-8-,12-11-,15-14-,18-17-. The average Bonchev–Trinajstić information content (AvgIpc) is 2.68. The number of carbonyl (C=O) groups is 1. The fourth-order valence-electron chi connectivity index (χ4n) is 2.41. The van der Waals surface area contributed by atoms with Gasteiger partial charge in [-0.15, -0.1) is 0 Å². The fraction of sp³-hybridized carbons (Fsp3) is 0.577. The van der Waals surface area contributed by atoms with E-state index in [4.69, 9.17) is 4.74 Å². The molecule has 0 aromatic carbocycles. The Bertz CT molecular complexity index is 493. The number of unbranched alkanes of at least 4 members (excludes halogenated alkanes) is 3. The van der Waals surface area contributed by atoms with Crippen molar-refractivity contribution in [1.82, 2.24) is 0 Å². The van der Waals surface area contributed by atoms with Crippen LogP contribution in [-0.4, -0.2) is 12.6 Å². The summed E-state index contributed by atoms with van der Waals surface area (Å²) in [6.45, 7) is 6.81. The van der Waals surface area contributed by atoms with Gasteiger partial charge in [-0.3, -0.25) is 4.79 Å². The number of hydrogen-bond acceptors (Lipinski definition) is 2. The van der Waals surface area contributed by atoms with Gasteiger partial charge in [0.25, 0.3) is 0 Å². The first kappa shape index (κ1) is 26.2. The van der Waals surface area contributed by atoms with Gasteiger partial charge in [-0.1, -0.05) is 88.0 Å². The highest BCUT2D eigenvalue weighted by Gasteiger charge is 2.03. The molecule has 2 heteroatoms. The van der Waals surface area contributed by atoms with Crippen LogP contribution in [0.3, 0.4) is 0 Å². The highest BCUT2D eigenvalue weighted by molar-refractivity contribution is 5.69. The molecule has 0 aromatic heterocycles. The van der Waals surface area contributed by atoms with E-state index in [0.29, 0.717) is 18.9 Å². The smallest absolute Gasteiger partial charge is 0.305 e. The van der Waals surface area contributed by atoms with Crippen LogP contribution < -0.4 is 0 Å². The number of carbonyl (C=O) groups excluding carboxylic acids is 1. The Morgan fingerprint density at radius 1 is 0.714 bits per heavy atom. The Morgan fingerprint density at radius 3 is 1.71 bits per heavy atom. The molecule has 0 unspecified atom stereocenters. The zero-order valence-corrected chi connectivity index (χ0v) is 18.4. The van der Waals surface area contributed by atoms with Gasteiger partial charge in [0.2, 0.25) is 0 Å². The van der Waals surface area contributed by atoms with Gasteiger partial charge in [0.05, 0.1) is 6.61 Å². The van der Waals surface area contributed by atoms with Crippen molar-refractivity contribution in [3.63, 3.8) is 0 Å². The number of hydrogen-bond donors (Lipinski definition) is 0. The lowest BCUT2D eigenvalue weighted by Crippen LogP contribution is -2.09. The van der Waals surface area contributed by atoms with E-state index < -0.39 is 0 Å².